The molecular formula is C15H21ClN2O. The van der Waals surface area contributed by atoms with E-state index < -0.39 is 0 Å². The van der Waals surface area contributed by atoms with E-state index in [1.807, 2.05) is 0 Å². The molecule has 0 amide bonds. The van der Waals surface area contributed by atoms with Gasteiger partial charge in [-0.2, -0.15) is 4.98 Å². The molecule has 0 bridgehead atoms. The molecule has 0 saturated heterocycles. The number of hydrogen-bond donors (Lipinski definition) is 0. The highest BCUT2D eigenvalue weighted by molar-refractivity contribution is 6.29. The Labute approximate surface area is 120 Å². The Kier molecular flexibility index (Phi) is 5.20. The third kappa shape index (κ3) is 4.20. The fourth-order valence-corrected chi connectivity index (χ4v) is 2.47. The first-order chi connectivity index (χ1) is 9.19. The minimum Gasteiger partial charge on any atom is -0.477 e. The van der Waals surface area contributed by atoms with E-state index in [2.05, 4.69) is 36.0 Å². The van der Waals surface area contributed by atoms with E-state index in [-0.39, 0.29) is 0 Å². The lowest BCUT2D eigenvalue weighted by molar-refractivity contribution is 0.192. The molecule has 1 aromatic heterocycles. The maximum absolute atomic E-state index is 5.99. The van der Waals surface area contributed by atoms with E-state index in [1.54, 1.807) is 6.07 Å². The predicted molar refractivity (Wildman–Crippen MR) is 77.6 cm³/mol. The number of aromatic nitrogens is 2. The van der Waals surface area contributed by atoms with Crippen LogP contribution in [0.5, 0.6) is 5.88 Å². The maximum atomic E-state index is 5.99. The van der Waals surface area contributed by atoms with E-state index in [9.17, 15) is 0 Å². The van der Waals surface area contributed by atoms with Gasteiger partial charge < -0.3 is 4.74 Å². The number of nitrogens with zero attached hydrogens (tertiary/aromatic N) is 2. The van der Waals surface area contributed by atoms with Crippen molar-refractivity contribution in [2.75, 3.05) is 6.61 Å². The van der Waals surface area contributed by atoms with Gasteiger partial charge in [-0.3, -0.25) is 0 Å². The first-order valence-electron chi connectivity index (χ1n) is 7.00. The van der Waals surface area contributed by atoms with Gasteiger partial charge in [0, 0.05) is 12.5 Å². The van der Waals surface area contributed by atoms with Crippen molar-refractivity contribution in [2.45, 2.75) is 39.5 Å². The van der Waals surface area contributed by atoms with Crippen molar-refractivity contribution < 1.29 is 4.74 Å². The molecule has 2 rings (SSSR count). The number of halogens is 1. The number of ether oxygens (including phenoxy) is 1. The largest absolute Gasteiger partial charge is 0.477 e. The second-order valence-corrected chi connectivity index (χ2v) is 5.57. The molecule has 1 aromatic rings. The van der Waals surface area contributed by atoms with Crippen molar-refractivity contribution in [3.63, 3.8) is 0 Å². The molecule has 4 heteroatoms. The smallest absolute Gasteiger partial charge is 0.218 e. The molecule has 3 nitrogen and oxygen atoms in total. The lowest BCUT2D eigenvalue weighted by atomic mass is 9.85. The second kappa shape index (κ2) is 6.90. The molecule has 0 spiro atoms. The Morgan fingerprint density at radius 3 is 2.84 bits per heavy atom. The van der Waals surface area contributed by atoms with Crippen LogP contribution in [0.4, 0.5) is 0 Å². The Balaban J connectivity index is 1.96. The molecule has 1 heterocycles. The average Bonchev–Trinajstić information content (AvgIpc) is 2.37. The van der Waals surface area contributed by atoms with Gasteiger partial charge in [-0.15, -0.1) is 0 Å². The van der Waals surface area contributed by atoms with E-state index in [1.165, 1.54) is 0 Å². The SMILES string of the molecule is CCCc1nc(Cl)cc(OCC2CC=CCC2C)n1. The standard InChI is InChI=1S/C15H21ClN2O/c1-3-6-14-17-13(16)9-15(18-14)19-10-12-8-5-4-7-11(12)2/h4-5,9,11-12H,3,6-8,10H2,1-2H3. The van der Waals surface area contributed by atoms with Gasteiger partial charge in [-0.1, -0.05) is 37.6 Å². The Bertz CT molecular complexity index is 448. The number of hydrogen-bond acceptors (Lipinski definition) is 3. The monoisotopic (exact) mass is 280 g/mol. The van der Waals surface area contributed by atoms with E-state index in [0.29, 0.717) is 29.5 Å². The normalized spacial score (nSPS) is 22.5. The van der Waals surface area contributed by atoms with E-state index in [0.717, 1.165) is 31.5 Å². The molecule has 1 aliphatic rings. The first kappa shape index (κ1) is 14.3. The lowest BCUT2D eigenvalue weighted by Gasteiger charge is -2.24. The highest BCUT2D eigenvalue weighted by Gasteiger charge is 2.19. The third-order valence-electron chi connectivity index (χ3n) is 3.55. The van der Waals surface area contributed by atoms with Gasteiger partial charge in [0.15, 0.2) is 0 Å². The molecule has 2 atom stereocenters. The van der Waals surface area contributed by atoms with Gasteiger partial charge >= 0.3 is 0 Å². The highest BCUT2D eigenvalue weighted by atomic mass is 35.5. The quantitative estimate of drug-likeness (QED) is 0.602. The minimum atomic E-state index is 0.463. The predicted octanol–water partition coefficient (Wildman–Crippen LogP) is 4.06. The Morgan fingerprint density at radius 1 is 1.32 bits per heavy atom. The Morgan fingerprint density at radius 2 is 2.11 bits per heavy atom. The average molecular weight is 281 g/mol. The molecular weight excluding hydrogens is 260 g/mol. The number of rotatable bonds is 5. The van der Waals surface area contributed by atoms with Gasteiger partial charge in [0.2, 0.25) is 5.88 Å². The highest BCUT2D eigenvalue weighted by Crippen LogP contribution is 2.26. The first-order valence-corrected chi connectivity index (χ1v) is 7.38. The van der Waals surface area contributed by atoms with Gasteiger partial charge in [0.25, 0.3) is 0 Å². The van der Waals surface area contributed by atoms with Gasteiger partial charge in [0.1, 0.15) is 11.0 Å². The molecule has 0 radical (unpaired) electrons. The molecule has 0 aliphatic heterocycles. The van der Waals surface area contributed by atoms with Crippen molar-refractivity contribution in [1.82, 2.24) is 9.97 Å². The molecule has 0 N–H and O–H groups in total. The molecule has 0 aromatic carbocycles. The summed E-state index contributed by atoms with van der Waals surface area (Å²) in [5.41, 5.74) is 0. The van der Waals surface area contributed by atoms with Gasteiger partial charge in [-0.25, -0.2) is 4.98 Å². The van der Waals surface area contributed by atoms with Crippen molar-refractivity contribution in [2.24, 2.45) is 11.8 Å². The van der Waals surface area contributed by atoms with E-state index >= 15 is 0 Å². The number of allylic oxidation sites excluding steroid dienone is 2. The molecule has 2 unspecified atom stereocenters. The summed E-state index contributed by atoms with van der Waals surface area (Å²) in [5.74, 6) is 2.59. The summed E-state index contributed by atoms with van der Waals surface area (Å²) < 4.78 is 5.81. The van der Waals surface area contributed by atoms with Crippen molar-refractivity contribution in [3.8, 4) is 5.88 Å². The molecule has 19 heavy (non-hydrogen) atoms. The van der Waals surface area contributed by atoms with Gasteiger partial charge in [-0.05, 0) is 31.1 Å². The summed E-state index contributed by atoms with van der Waals surface area (Å²) in [5, 5.41) is 0.463. The van der Waals surface area contributed by atoms with Crippen LogP contribution >= 0.6 is 11.6 Å². The fourth-order valence-electron chi connectivity index (χ4n) is 2.28. The Hall–Kier alpha value is -1.09. The summed E-state index contributed by atoms with van der Waals surface area (Å²) in [6.45, 7) is 5.07. The summed E-state index contributed by atoms with van der Waals surface area (Å²) in [6, 6.07) is 1.70. The van der Waals surface area contributed by atoms with Crippen LogP contribution in [0.3, 0.4) is 0 Å². The van der Waals surface area contributed by atoms with Crippen LogP contribution in [-0.4, -0.2) is 16.6 Å². The molecule has 104 valence electrons. The fraction of sp³-hybridized carbons (Fsp3) is 0.600. The van der Waals surface area contributed by atoms with Crippen molar-refractivity contribution in [1.29, 1.82) is 0 Å². The maximum Gasteiger partial charge on any atom is 0.218 e. The third-order valence-corrected chi connectivity index (χ3v) is 3.75. The van der Waals surface area contributed by atoms with E-state index in [4.69, 9.17) is 16.3 Å². The van der Waals surface area contributed by atoms with Crippen LogP contribution < -0.4 is 4.74 Å². The lowest BCUT2D eigenvalue weighted by Crippen LogP contribution is -2.21. The summed E-state index contributed by atoms with van der Waals surface area (Å²) in [7, 11) is 0. The molecule has 1 aliphatic carbocycles. The van der Waals surface area contributed by atoms with Crippen LogP contribution in [0.25, 0.3) is 0 Å². The summed E-state index contributed by atoms with van der Waals surface area (Å²) >= 11 is 5.99. The number of aryl methyl sites for hydroxylation is 1. The van der Waals surface area contributed by atoms with Gasteiger partial charge in [0.05, 0.1) is 6.61 Å². The zero-order chi connectivity index (χ0) is 13.7. The van der Waals surface area contributed by atoms with Crippen LogP contribution in [0.2, 0.25) is 5.15 Å². The van der Waals surface area contributed by atoms with Crippen LogP contribution in [0, 0.1) is 11.8 Å². The molecule has 0 fully saturated rings. The molecule has 0 saturated carbocycles. The zero-order valence-corrected chi connectivity index (χ0v) is 12.4. The minimum absolute atomic E-state index is 0.463. The zero-order valence-electron chi connectivity index (χ0n) is 11.6. The summed E-state index contributed by atoms with van der Waals surface area (Å²) in [4.78, 5) is 8.59. The van der Waals surface area contributed by atoms with Crippen LogP contribution in [0.1, 0.15) is 38.9 Å². The van der Waals surface area contributed by atoms with Crippen molar-refractivity contribution >= 4 is 11.6 Å². The summed E-state index contributed by atoms with van der Waals surface area (Å²) in [6.07, 6.45) is 8.55. The van der Waals surface area contributed by atoms with Crippen LogP contribution in [-0.2, 0) is 6.42 Å². The topological polar surface area (TPSA) is 35.0 Å². The van der Waals surface area contributed by atoms with Crippen LogP contribution in [0.15, 0.2) is 18.2 Å². The van der Waals surface area contributed by atoms with Crippen molar-refractivity contribution in [3.05, 3.63) is 29.2 Å². The second-order valence-electron chi connectivity index (χ2n) is 5.19.